The van der Waals surface area contributed by atoms with Crippen molar-refractivity contribution in [2.24, 2.45) is 5.92 Å². The van der Waals surface area contributed by atoms with Crippen molar-refractivity contribution in [3.63, 3.8) is 0 Å². The zero-order valence-electron chi connectivity index (χ0n) is 11.5. The fraction of sp³-hybridized carbons (Fsp3) is 0.615. The molecule has 0 aromatic carbocycles. The highest BCUT2D eigenvalue weighted by Crippen LogP contribution is 2.14. The molecule has 19 heavy (non-hydrogen) atoms. The summed E-state index contributed by atoms with van der Waals surface area (Å²) >= 11 is 0. The van der Waals surface area contributed by atoms with Crippen molar-refractivity contribution in [3.05, 3.63) is 17.8 Å². The number of carbonyl (C=O) groups excluding carboxylic acids is 2. The SMILES string of the molecule is CCc1cnc(CN2CC(=O)NC(C(C)C)C2=O)o1. The lowest BCUT2D eigenvalue weighted by Gasteiger charge is -2.33. The lowest BCUT2D eigenvalue weighted by Crippen LogP contribution is -2.59. The fourth-order valence-corrected chi connectivity index (χ4v) is 2.06. The molecule has 104 valence electrons. The highest BCUT2D eigenvalue weighted by Gasteiger charge is 2.34. The molecular weight excluding hydrogens is 246 g/mol. The first-order valence-corrected chi connectivity index (χ1v) is 6.53. The second-order valence-electron chi connectivity index (χ2n) is 5.06. The van der Waals surface area contributed by atoms with E-state index < -0.39 is 6.04 Å². The van der Waals surface area contributed by atoms with Gasteiger partial charge in [-0.2, -0.15) is 0 Å². The van der Waals surface area contributed by atoms with E-state index in [0.29, 0.717) is 5.89 Å². The number of hydrogen-bond donors (Lipinski definition) is 1. The minimum Gasteiger partial charge on any atom is -0.444 e. The third-order valence-corrected chi connectivity index (χ3v) is 3.17. The van der Waals surface area contributed by atoms with Crippen molar-refractivity contribution < 1.29 is 14.0 Å². The lowest BCUT2D eigenvalue weighted by atomic mass is 10.0. The molecule has 0 spiro atoms. The molecule has 1 atom stereocenters. The van der Waals surface area contributed by atoms with Gasteiger partial charge in [0.2, 0.25) is 17.7 Å². The zero-order valence-corrected chi connectivity index (χ0v) is 11.5. The Labute approximate surface area is 112 Å². The summed E-state index contributed by atoms with van der Waals surface area (Å²) in [4.78, 5) is 29.5. The molecule has 1 unspecified atom stereocenters. The quantitative estimate of drug-likeness (QED) is 0.870. The van der Waals surface area contributed by atoms with E-state index in [1.807, 2.05) is 20.8 Å². The van der Waals surface area contributed by atoms with Gasteiger partial charge in [-0.05, 0) is 5.92 Å². The van der Waals surface area contributed by atoms with Crippen molar-refractivity contribution in [2.75, 3.05) is 6.54 Å². The maximum atomic E-state index is 12.2. The summed E-state index contributed by atoms with van der Waals surface area (Å²) in [7, 11) is 0. The standard InChI is InChI=1S/C13H19N3O3/c1-4-9-5-14-11(19-9)7-16-6-10(17)15-12(8(2)3)13(16)18/h5,8,12H,4,6-7H2,1-3H3,(H,15,17). The first kappa shape index (κ1) is 13.6. The van der Waals surface area contributed by atoms with E-state index in [1.54, 1.807) is 6.20 Å². The van der Waals surface area contributed by atoms with E-state index in [1.165, 1.54) is 4.90 Å². The maximum Gasteiger partial charge on any atom is 0.246 e. The number of aromatic nitrogens is 1. The van der Waals surface area contributed by atoms with E-state index in [2.05, 4.69) is 10.3 Å². The number of nitrogens with zero attached hydrogens (tertiary/aromatic N) is 2. The van der Waals surface area contributed by atoms with Crippen LogP contribution in [0.15, 0.2) is 10.6 Å². The van der Waals surface area contributed by atoms with Crippen molar-refractivity contribution >= 4 is 11.8 Å². The van der Waals surface area contributed by atoms with Crippen LogP contribution in [0.5, 0.6) is 0 Å². The van der Waals surface area contributed by atoms with Gasteiger partial charge in [-0.3, -0.25) is 9.59 Å². The van der Waals surface area contributed by atoms with E-state index in [0.717, 1.165) is 12.2 Å². The van der Waals surface area contributed by atoms with Gasteiger partial charge in [0.1, 0.15) is 18.3 Å². The van der Waals surface area contributed by atoms with Crippen LogP contribution >= 0.6 is 0 Å². The molecule has 6 nitrogen and oxygen atoms in total. The Balaban J connectivity index is 2.09. The number of carbonyl (C=O) groups is 2. The molecule has 0 saturated carbocycles. The van der Waals surface area contributed by atoms with Crippen LogP contribution in [-0.2, 0) is 22.6 Å². The fourth-order valence-electron chi connectivity index (χ4n) is 2.06. The van der Waals surface area contributed by atoms with Crippen LogP contribution in [0.2, 0.25) is 0 Å². The largest absolute Gasteiger partial charge is 0.444 e. The highest BCUT2D eigenvalue weighted by atomic mass is 16.4. The monoisotopic (exact) mass is 265 g/mol. The summed E-state index contributed by atoms with van der Waals surface area (Å²) < 4.78 is 5.48. The third kappa shape index (κ3) is 2.94. The van der Waals surface area contributed by atoms with Gasteiger partial charge in [-0.1, -0.05) is 20.8 Å². The Hall–Kier alpha value is -1.85. The van der Waals surface area contributed by atoms with E-state index in [4.69, 9.17) is 4.42 Å². The Kier molecular flexibility index (Phi) is 3.87. The highest BCUT2D eigenvalue weighted by molar-refractivity contribution is 5.94. The predicted molar refractivity (Wildman–Crippen MR) is 68.1 cm³/mol. The molecule has 1 fully saturated rings. The summed E-state index contributed by atoms with van der Waals surface area (Å²) in [5, 5.41) is 2.72. The Bertz CT molecular complexity index is 481. The normalized spacial score (nSPS) is 20.0. The van der Waals surface area contributed by atoms with E-state index in [9.17, 15) is 9.59 Å². The molecule has 2 heterocycles. The third-order valence-electron chi connectivity index (χ3n) is 3.17. The predicted octanol–water partition coefficient (Wildman–Crippen LogP) is 0.720. The van der Waals surface area contributed by atoms with Crippen LogP contribution < -0.4 is 5.32 Å². The molecule has 1 aromatic heterocycles. The van der Waals surface area contributed by atoms with Gasteiger partial charge >= 0.3 is 0 Å². The van der Waals surface area contributed by atoms with Crippen LogP contribution in [0.4, 0.5) is 0 Å². The molecule has 1 aromatic rings. The summed E-state index contributed by atoms with van der Waals surface area (Å²) in [6.07, 6.45) is 2.42. The first-order chi connectivity index (χ1) is 9.01. The molecule has 0 radical (unpaired) electrons. The average molecular weight is 265 g/mol. The molecule has 2 rings (SSSR count). The minimum absolute atomic E-state index is 0.0614. The van der Waals surface area contributed by atoms with Crippen LogP contribution in [0.3, 0.4) is 0 Å². The van der Waals surface area contributed by atoms with Gasteiger partial charge in [0, 0.05) is 6.42 Å². The summed E-state index contributed by atoms with van der Waals surface area (Å²) in [6.45, 7) is 6.10. The lowest BCUT2D eigenvalue weighted by molar-refractivity contribution is -0.146. The molecule has 1 saturated heterocycles. The maximum absolute atomic E-state index is 12.2. The summed E-state index contributed by atoms with van der Waals surface area (Å²) in [5.41, 5.74) is 0. The van der Waals surface area contributed by atoms with Gasteiger partial charge in [-0.25, -0.2) is 4.98 Å². The van der Waals surface area contributed by atoms with Crippen molar-refractivity contribution in [3.8, 4) is 0 Å². The van der Waals surface area contributed by atoms with Crippen LogP contribution in [0, 0.1) is 5.92 Å². The van der Waals surface area contributed by atoms with Gasteiger partial charge in [0.05, 0.1) is 12.7 Å². The van der Waals surface area contributed by atoms with Gasteiger partial charge in [0.25, 0.3) is 0 Å². The Morgan fingerprint density at radius 3 is 2.84 bits per heavy atom. The molecule has 6 heteroatoms. The second kappa shape index (κ2) is 5.42. The number of aryl methyl sites for hydroxylation is 1. The topological polar surface area (TPSA) is 75.4 Å². The molecular formula is C13H19N3O3. The minimum atomic E-state index is -0.457. The Morgan fingerprint density at radius 1 is 1.53 bits per heavy atom. The number of amides is 2. The molecule has 0 aliphatic carbocycles. The van der Waals surface area contributed by atoms with Crippen molar-refractivity contribution in [2.45, 2.75) is 39.8 Å². The number of piperazine rings is 1. The first-order valence-electron chi connectivity index (χ1n) is 6.53. The number of hydrogen-bond acceptors (Lipinski definition) is 4. The molecule has 0 bridgehead atoms. The van der Waals surface area contributed by atoms with Crippen LogP contribution in [-0.4, -0.2) is 34.3 Å². The molecule has 2 amide bonds. The summed E-state index contributed by atoms with van der Waals surface area (Å²) in [6, 6.07) is -0.457. The Morgan fingerprint density at radius 2 is 2.26 bits per heavy atom. The number of nitrogens with one attached hydrogen (secondary N) is 1. The van der Waals surface area contributed by atoms with Crippen molar-refractivity contribution in [1.82, 2.24) is 15.2 Å². The van der Waals surface area contributed by atoms with Crippen LogP contribution in [0.25, 0.3) is 0 Å². The van der Waals surface area contributed by atoms with E-state index >= 15 is 0 Å². The van der Waals surface area contributed by atoms with Gasteiger partial charge < -0.3 is 14.6 Å². The molecule has 1 aliphatic rings. The number of rotatable bonds is 4. The molecule has 1 N–H and O–H groups in total. The van der Waals surface area contributed by atoms with Crippen LogP contribution in [0.1, 0.15) is 32.4 Å². The van der Waals surface area contributed by atoms with Gasteiger partial charge in [-0.15, -0.1) is 0 Å². The number of oxazole rings is 1. The average Bonchev–Trinajstić information content (AvgIpc) is 2.80. The van der Waals surface area contributed by atoms with E-state index in [-0.39, 0.29) is 30.8 Å². The molecule has 1 aliphatic heterocycles. The van der Waals surface area contributed by atoms with Crippen molar-refractivity contribution in [1.29, 1.82) is 0 Å². The second-order valence-corrected chi connectivity index (χ2v) is 5.06. The zero-order chi connectivity index (χ0) is 14.0. The summed E-state index contributed by atoms with van der Waals surface area (Å²) in [5.74, 6) is 1.10. The smallest absolute Gasteiger partial charge is 0.246 e. The van der Waals surface area contributed by atoms with Gasteiger partial charge in [0.15, 0.2) is 0 Å².